The molecule has 0 aromatic carbocycles. The van der Waals surface area contributed by atoms with Crippen molar-refractivity contribution in [1.29, 1.82) is 0 Å². The number of carbonyl (C=O) groups is 3. The van der Waals surface area contributed by atoms with Crippen molar-refractivity contribution in [3.8, 4) is 0 Å². The summed E-state index contributed by atoms with van der Waals surface area (Å²) >= 11 is 5.66. The molecule has 9 heteroatoms. The third-order valence-electron chi connectivity index (χ3n) is 3.93. The maximum Gasteiger partial charge on any atom is 0.434 e. The number of hydrogen-bond acceptors (Lipinski definition) is 5. The number of nitrogens with zero attached hydrogens (tertiary/aromatic N) is 2. The highest BCUT2D eigenvalue weighted by atomic mass is 35.5. The Morgan fingerprint density at radius 2 is 1.76 bits per heavy atom. The Hall–Kier alpha value is -2.35. The quantitative estimate of drug-likeness (QED) is 0.460. The third kappa shape index (κ3) is 3.26. The minimum absolute atomic E-state index is 0.0122. The SMILES string of the molecule is O=C1CCCC(=O)C1C(=O)c1cc2ccc(Cl)nc2nc1C(F)(F)F. The van der Waals surface area contributed by atoms with Crippen molar-refractivity contribution in [2.75, 3.05) is 0 Å². The summed E-state index contributed by atoms with van der Waals surface area (Å²) in [5.41, 5.74) is -2.57. The number of halogens is 4. The summed E-state index contributed by atoms with van der Waals surface area (Å²) in [4.78, 5) is 43.5. The van der Waals surface area contributed by atoms with E-state index in [1.165, 1.54) is 12.1 Å². The van der Waals surface area contributed by atoms with E-state index in [0.717, 1.165) is 6.07 Å². The minimum atomic E-state index is -4.95. The van der Waals surface area contributed by atoms with Crippen LogP contribution < -0.4 is 0 Å². The molecule has 130 valence electrons. The average molecular weight is 371 g/mol. The number of pyridine rings is 2. The van der Waals surface area contributed by atoms with Gasteiger partial charge >= 0.3 is 6.18 Å². The number of rotatable bonds is 2. The molecule has 0 saturated heterocycles. The minimum Gasteiger partial charge on any atom is -0.298 e. The van der Waals surface area contributed by atoms with Gasteiger partial charge in [0.1, 0.15) is 11.1 Å². The molecule has 2 aromatic heterocycles. The van der Waals surface area contributed by atoms with Crippen LogP contribution in [0.5, 0.6) is 0 Å². The number of carbonyl (C=O) groups excluding carboxylic acids is 3. The fourth-order valence-electron chi connectivity index (χ4n) is 2.79. The van der Waals surface area contributed by atoms with E-state index in [1.807, 2.05) is 0 Å². The molecule has 1 aliphatic carbocycles. The molecule has 2 aromatic rings. The summed E-state index contributed by atoms with van der Waals surface area (Å²) in [6, 6.07) is 3.65. The first-order chi connectivity index (χ1) is 11.7. The first-order valence-corrected chi connectivity index (χ1v) is 7.70. The lowest BCUT2D eigenvalue weighted by atomic mass is 9.81. The van der Waals surface area contributed by atoms with Gasteiger partial charge in [0, 0.05) is 18.2 Å². The van der Waals surface area contributed by atoms with E-state index < -0.39 is 40.7 Å². The van der Waals surface area contributed by atoms with Crippen molar-refractivity contribution in [3.63, 3.8) is 0 Å². The van der Waals surface area contributed by atoms with Gasteiger partial charge in [0.15, 0.2) is 28.7 Å². The van der Waals surface area contributed by atoms with Crippen molar-refractivity contribution >= 4 is 40.0 Å². The zero-order valence-corrected chi connectivity index (χ0v) is 13.3. The van der Waals surface area contributed by atoms with Crippen molar-refractivity contribution in [1.82, 2.24) is 9.97 Å². The van der Waals surface area contributed by atoms with E-state index in [0.29, 0.717) is 6.42 Å². The van der Waals surface area contributed by atoms with Gasteiger partial charge in [-0.05, 0) is 24.6 Å². The van der Waals surface area contributed by atoms with Crippen LogP contribution in [0.4, 0.5) is 13.2 Å². The molecule has 3 rings (SSSR count). The Balaban J connectivity index is 2.19. The molecular formula is C16H10ClF3N2O3. The van der Waals surface area contributed by atoms with Crippen LogP contribution in [0.15, 0.2) is 18.2 Å². The average Bonchev–Trinajstić information content (AvgIpc) is 2.52. The second-order valence-corrected chi connectivity index (χ2v) is 6.03. The smallest absolute Gasteiger partial charge is 0.298 e. The third-order valence-corrected chi connectivity index (χ3v) is 4.14. The van der Waals surface area contributed by atoms with Gasteiger partial charge < -0.3 is 0 Å². The van der Waals surface area contributed by atoms with Crippen LogP contribution in [0.1, 0.15) is 35.3 Å². The lowest BCUT2D eigenvalue weighted by molar-refractivity contribution is -0.142. The maximum atomic E-state index is 13.4. The van der Waals surface area contributed by atoms with E-state index in [1.54, 1.807) is 0 Å². The zero-order chi connectivity index (χ0) is 18.4. The molecule has 0 amide bonds. The largest absolute Gasteiger partial charge is 0.434 e. The Labute approximate surface area is 144 Å². The lowest BCUT2D eigenvalue weighted by Crippen LogP contribution is -2.36. The highest BCUT2D eigenvalue weighted by molar-refractivity contribution is 6.29. The molecular weight excluding hydrogens is 361 g/mol. The van der Waals surface area contributed by atoms with Crippen LogP contribution in [0.2, 0.25) is 5.15 Å². The van der Waals surface area contributed by atoms with Gasteiger partial charge in [-0.25, -0.2) is 9.97 Å². The molecule has 0 N–H and O–H groups in total. The highest BCUT2D eigenvalue weighted by Crippen LogP contribution is 2.34. The van der Waals surface area contributed by atoms with Crippen molar-refractivity contribution in [2.24, 2.45) is 5.92 Å². The van der Waals surface area contributed by atoms with Gasteiger partial charge in [-0.1, -0.05) is 11.6 Å². The van der Waals surface area contributed by atoms with Crippen LogP contribution in [0, 0.1) is 5.92 Å². The molecule has 2 heterocycles. The summed E-state index contributed by atoms with van der Waals surface area (Å²) in [6.07, 6.45) is -4.68. The van der Waals surface area contributed by atoms with Gasteiger partial charge in [0.05, 0.1) is 5.56 Å². The predicted molar refractivity (Wildman–Crippen MR) is 81.2 cm³/mol. The molecule has 1 aliphatic rings. The topological polar surface area (TPSA) is 77.0 Å². The highest BCUT2D eigenvalue weighted by Gasteiger charge is 2.43. The molecule has 0 bridgehead atoms. The van der Waals surface area contributed by atoms with E-state index in [4.69, 9.17) is 11.6 Å². The van der Waals surface area contributed by atoms with Crippen molar-refractivity contribution in [3.05, 3.63) is 34.6 Å². The Kier molecular flexibility index (Phi) is 4.32. The van der Waals surface area contributed by atoms with Crippen LogP contribution in [-0.4, -0.2) is 27.3 Å². The number of fused-ring (bicyclic) bond motifs is 1. The first-order valence-electron chi connectivity index (χ1n) is 7.32. The molecule has 1 saturated carbocycles. The second kappa shape index (κ2) is 6.18. The van der Waals surface area contributed by atoms with Gasteiger partial charge in [-0.3, -0.25) is 14.4 Å². The lowest BCUT2D eigenvalue weighted by Gasteiger charge is -2.20. The Morgan fingerprint density at radius 1 is 1.12 bits per heavy atom. The zero-order valence-electron chi connectivity index (χ0n) is 12.6. The van der Waals surface area contributed by atoms with Gasteiger partial charge in [-0.15, -0.1) is 0 Å². The standard InChI is InChI=1S/C16H10ClF3N2O3/c17-11-5-4-7-6-8(14(16(18,19)20)22-15(7)21-11)13(25)12-9(23)2-1-3-10(12)24/h4-6,12H,1-3H2. The van der Waals surface area contributed by atoms with E-state index in [2.05, 4.69) is 9.97 Å². The molecule has 0 spiro atoms. The predicted octanol–water partition coefficient (Wildman–Crippen LogP) is 3.42. The molecule has 1 fully saturated rings. The Morgan fingerprint density at radius 3 is 2.36 bits per heavy atom. The van der Waals surface area contributed by atoms with Crippen LogP contribution in [-0.2, 0) is 15.8 Å². The fourth-order valence-corrected chi connectivity index (χ4v) is 2.93. The number of alkyl halides is 3. The summed E-state index contributed by atoms with van der Waals surface area (Å²) in [6.45, 7) is 0. The number of hydrogen-bond donors (Lipinski definition) is 0. The normalized spacial score (nSPS) is 16.5. The number of Topliss-reactive ketones (excluding diaryl/α,β-unsaturated/α-hetero) is 3. The van der Waals surface area contributed by atoms with E-state index in [-0.39, 0.29) is 29.0 Å². The number of ketones is 3. The van der Waals surface area contributed by atoms with Gasteiger partial charge in [0.2, 0.25) is 0 Å². The first kappa shape index (κ1) is 17.5. The summed E-state index contributed by atoms with van der Waals surface area (Å²) in [5, 5.41) is 0.0984. The van der Waals surface area contributed by atoms with E-state index >= 15 is 0 Å². The molecule has 0 unspecified atom stereocenters. The molecule has 5 nitrogen and oxygen atoms in total. The van der Waals surface area contributed by atoms with Crippen LogP contribution >= 0.6 is 11.6 Å². The summed E-state index contributed by atoms with van der Waals surface area (Å²) < 4.78 is 40.1. The van der Waals surface area contributed by atoms with Crippen LogP contribution in [0.3, 0.4) is 0 Å². The molecule has 0 atom stereocenters. The molecule has 0 radical (unpaired) electrons. The number of aromatic nitrogens is 2. The summed E-state index contributed by atoms with van der Waals surface area (Å²) in [7, 11) is 0. The Bertz CT molecular complexity index is 895. The maximum absolute atomic E-state index is 13.4. The van der Waals surface area contributed by atoms with Crippen molar-refractivity contribution in [2.45, 2.75) is 25.4 Å². The molecule has 25 heavy (non-hydrogen) atoms. The van der Waals surface area contributed by atoms with Gasteiger partial charge in [0.25, 0.3) is 0 Å². The fraction of sp³-hybridized carbons (Fsp3) is 0.312. The van der Waals surface area contributed by atoms with Crippen LogP contribution in [0.25, 0.3) is 11.0 Å². The summed E-state index contributed by atoms with van der Waals surface area (Å²) in [5.74, 6) is -4.20. The van der Waals surface area contributed by atoms with Gasteiger partial charge in [-0.2, -0.15) is 13.2 Å². The molecule has 0 aliphatic heterocycles. The van der Waals surface area contributed by atoms with E-state index in [9.17, 15) is 27.6 Å². The second-order valence-electron chi connectivity index (χ2n) is 5.65. The monoisotopic (exact) mass is 370 g/mol. The van der Waals surface area contributed by atoms with Crippen molar-refractivity contribution < 1.29 is 27.6 Å².